The van der Waals surface area contributed by atoms with E-state index in [0.717, 1.165) is 0 Å². The Hall–Kier alpha value is -1.17. The van der Waals surface area contributed by atoms with Crippen LogP contribution < -0.4 is 16.6 Å². The third kappa shape index (κ3) is 7.48. The summed E-state index contributed by atoms with van der Waals surface area (Å²) in [6, 6.07) is -0.492. The van der Waals surface area contributed by atoms with Crippen LogP contribution in [-0.2, 0) is 0 Å². The predicted molar refractivity (Wildman–Crippen MR) is 54.8 cm³/mol. The molecule has 0 saturated carbocycles. The smallest absolute Gasteiger partial charge is 0.329 e. The summed E-state index contributed by atoms with van der Waals surface area (Å²) in [5.74, 6) is 4.90. The Morgan fingerprint density at radius 3 is 2.50 bits per heavy atom. The van der Waals surface area contributed by atoms with E-state index in [0.29, 0.717) is 6.54 Å². The van der Waals surface area contributed by atoms with Gasteiger partial charge in [0.05, 0.1) is 12.1 Å². The number of amides is 2. The van der Waals surface area contributed by atoms with Crippen LogP contribution >= 0.6 is 0 Å². The van der Waals surface area contributed by atoms with Crippen LogP contribution in [0.1, 0.15) is 27.7 Å². The zero-order valence-electron chi connectivity index (χ0n) is 9.16. The number of rotatable bonds is 3. The second kappa shape index (κ2) is 5.54. The van der Waals surface area contributed by atoms with Gasteiger partial charge in [-0.25, -0.2) is 10.6 Å². The molecule has 1 atom stereocenters. The minimum atomic E-state index is -0.413. The number of nitrogens with two attached hydrogens (primary N) is 1. The van der Waals surface area contributed by atoms with Gasteiger partial charge in [0.2, 0.25) is 0 Å². The zero-order chi connectivity index (χ0) is 11.2. The maximum absolute atomic E-state index is 10.8. The van der Waals surface area contributed by atoms with E-state index in [4.69, 9.17) is 5.84 Å². The maximum Gasteiger partial charge on any atom is 0.329 e. The van der Waals surface area contributed by atoms with Crippen molar-refractivity contribution in [2.75, 3.05) is 6.54 Å². The van der Waals surface area contributed by atoms with Crippen molar-refractivity contribution in [3.8, 4) is 0 Å². The van der Waals surface area contributed by atoms with Gasteiger partial charge in [-0.1, -0.05) is 0 Å². The van der Waals surface area contributed by atoms with E-state index in [1.54, 1.807) is 0 Å². The van der Waals surface area contributed by atoms with Crippen LogP contribution in [0.2, 0.25) is 0 Å². The molecular weight excluding hydrogens is 182 g/mol. The highest BCUT2D eigenvalue weighted by atomic mass is 16.2. The molecule has 2 amide bonds. The summed E-state index contributed by atoms with van der Waals surface area (Å²) in [5.41, 5.74) is 1.81. The summed E-state index contributed by atoms with van der Waals surface area (Å²) in [5, 5.41) is 10.6. The lowest BCUT2D eigenvalue weighted by atomic mass is 10.1. The number of hydrogen-bond acceptors (Lipinski definition) is 4. The van der Waals surface area contributed by atoms with E-state index >= 15 is 0 Å². The normalized spacial score (nSPS) is 14.1. The van der Waals surface area contributed by atoms with E-state index in [2.05, 4.69) is 15.5 Å². The van der Waals surface area contributed by atoms with Gasteiger partial charge in [-0.15, -0.1) is 0 Å². The molecule has 4 N–H and O–H groups in total. The third-order valence-electron chi connectivity index (χ3n) is 1.23. The Balaban J connectivity index is 3.80. The first-order valence-electron chi connectivity index (χ1n) is 4.51. The highest BCUT2D eigenvalue weighted by Gasteiger charge is 2.08. The van der Waals surface area contributed by atoms with Crippen molar-refractivity contribution < 1.29 is 4.79 Å². The molecule has 0 rings (SSSR count). The number of urea groups is 1. The average molecular weight is 201 g/mol. The third-order valence-corrected chi connectivity index (χ3v) is 1.23. The van der Waals surface area contributed by atoms with Gasteiger partial charge in [0, 0.05) is 6.04 Å². The zero-order valence-corrected chi connectivity index (χ0v) is 9.16. The van der Waals surface area contributed by atoms with Crippen LogP contribution in [0.25, 0.3) is 0 Å². The molecule has 0 aromatic carbocycles. The molecule has 0 spiro atoms. The number of hydrogen-bond donors (Lipinski definition) is 3. The van der Waals surface area contributed by atoms with Gasteiger partial charge >= 0.3 is 6.03 Å². The van der Waals surface area contributed by atoms with E-state index in [1.807, 2.05) is 33.1 Å². The van der Waals surface area contributed by atoms with Crippen LogP contribution in [0.3, 0.4) is 0 Å². The minimum absolute atomic E-state index is 0.0790. The van der Waals surface area contributed by atoms with Crippen molar-refractivity contribution >= 4 is 6.03 Å². The molecule has 14 heavy (non-hydrogen) atoms. The number of carbonyl (C=O) groups is 1. The first-order chi connectivity index (χ1) is 6.35. The lowest BCUT2D eigenvalue weighted by molar-refractivity contribution is 0.238. The van der Waals surface area contributed by atoms with Gasteiger partial charge in [-0.2, -0.15) is 10.2 Å². The Bertz CT molecular complexity index is 208. The van der Waals surface area contributed by atoms with E-state index in [9.17, 15) is 4.79 Å². The van der Waals surface area contributed by atoms with Crippen LogP contribution in [0.4, 0.5) is 4.79 Å². The SMILES string of the molecule is CC(CN=NC(C)(C)C)NC(=O)NN. The second-order valence-corrected chi connectivity index (χ2v) is 4.11. The minimum Gasteiger partial charge on any atom is -0.333 e. The van der Waals surface area contributed by atoms with Gasteiger partial charge in [-0.3, -0.25) is 5.43 Å². The van der Waals surface area contributed by atoms with Crippen molar-refractivity contribution in [1.82, 2.24) is 10.7 Å². The summed E-state index contributed by atoms with van der Waals surface area (Å²) >= 11 is 0. The molecule has 0 saturated heterocycles. The largest absolute Gasteiger partial charge is 0.333 e. The molecule has 0 aliphatic carbocycles. The maximum atomic E-state index is 10.8. The average Bonchev–Trinajstić information content (AvgIpc) is 2.01. The molecule has 0 aromatic rings. The van der Waals surface area contributed by atoms with E-state index in [1.165, 1.54) is 0 Å². The lowest BCUT2D eigenvalue weighted by Gasteiger charge is -2.12. The fraction of sp³-hybridized carbons (Fsp3) is 0.875. The number of nitrogens with one attached hydrogen (secondary N) is 2. The van der Waals surface area contributed by atoms with Gasteiger partial charge < -0.3 is 5.32 Å². The van der Waals surface area contributed by atoms with Gasteiger partial charge in [0.15, 0.2) is 0 Å². The van der Waals surface area contributed by atoms with Crippen molar-refractivity contribution in [2.45, 2.75) is 39.3 Å². The molecule has 0 heterocycles. The van der Waals surface area contributed by atoms with Crippen molar-refractivity contribution in [3.63, 3.8) is 0 Å². The van der Waals surface area contributed by atoms with Gasteiger partial charge in [-0.05, 0) is 27.7 Å². The molecule has 6 nitrogen and oxygen atoms in total. The fourth-order valence-electron chi connectivity index (χ4n) is 0.687. The number of nitrogens with zero attached hydrogens (tertiary/aromatic N) is 2. The predicted octanol–water partition coefficient (Wildman–Crippen LogP) is 0.799. The lowest BCUT2D eigenvalue weighted by Crippen LogP contribution is -2.45. The molecule has 0 aliphatic rings. The van der Waals surface area contributed by atoms with E-state index < -0.39 is 6.03 Å². The molecule has 0 radical (unpaired) electrons. The summed E-state index contributed by atoms with van der Waals surface area (Å²) < 4.78 is 0. The Morgan fingerprint density at radius 1 is 1.50 bits per heavy atom. The molecule has 0 bridgehead atoms. The van der Waals surface area contributed by atoms with Gasteiger partial charge in [0.1, 0.15) is 0 Å². The highest BCUT2D eigenvalue weighted by Crippen LogP contribution is 2.06. The van der Waals surface area contributed by atoms with E-state index in [-0.39, 0.29) is 11.6 Å². The quantitative estimate of drug-likeness (QED) is 0.273. The summed E-state index contributed by atoms with van der Waals surface area (Å²) in [6.45, 7) is 8.16. The molecule has 0 fully saturated rings. The van der Waals surface area contributed by atoms with Crippen LogP contribution in [-0.4, -0.2) is 24.2 Å². The molecule has 82 valence electrons. The number of azo groups is 1. The fourth-order valence-corrected chi connectivity index (χ4v) is 0.687. The van der Waals surface area contributed by atoms with Crippen LogP contribution in [0, 0.1) is 0 Å². The second-order valence-electron chi connectivity index (χ2n) is 4.11. The van der Waals surface area contributed by atoms with Gasteiger partial charge in [0.25, 0.3) is 0 Å². The van der Waals surface area contributed by atoms with Crippen LogP contribution in [0.15, 0.2) is 10.2 Å². The number of carbonyl (C=O) groups excluding carboxylic acids is 1. The molecule has 6 heteroatoms. The summed E-state index contributed by atoms with van der Waals surface area (Å²) in [6.07, 6.45) is 0. The molecule has 0 aliphatic heterocycles. The van der Waals surface area contributed by atoms with Crippen LogP contribution in [0.5, 0.6) is 0 Å². The Labute approximate surface area is 84.3 Å². The first-order valence-corrected chi connectivity index (χ1v) is 4.51. The Kier molecular flexibility index (Phi) is 5.07. The number of hydrazine groups is 1. The summed E-state index contributed by atoms with van der Waals surface area (Å²) in [7, 11) is 0. The molecular formula is C8H19N5O. The Morgan fingerprint density at radius 2 is 2.07 bits per heavy atom. The molecule has 1 unspecified atom stereocenters. The monoisotopic (exact) mass is 201 g/mol. The van der Waals surface area contributed by atoms with Crippen molar-refractivity contribution in [3.05, 3.63) is 0 Å². The van der Waals surface area contributed by atoms with Crippen molar-refractivity contribution in [1.29, 1.82) is 0 Å². The topological polar surface area (TPSA) is 91.9 Å². The standard InChI is InChI=1S/C8H19N5O/c1-6(11-7(14)12-9)5-10-13-8(2,3)4/h6H,5,9H2,1-4H3,(H2,11,12,14). The summed E-state index contributed by atoms with van der Waals surface area (Å²) in [4.78, 5) is 10.8. The molecule has 0 aromatic heterocycles. The van der Waals surface area contributed by atoms with Crippen molar-refractivity contribution in [2.24, 2.45) is 16.1 Å². The highest BCUT2D eigenvalue weighted by molar-refractivity contribution is 5.73. The first kappa shape index (κ1) is 12.8.